The fraction of sp³-hybridized carbons (Fsp3) is 0.500. The van der Waals surface area contributed by atoms with Crippen LogP contribution in [-0.2, 0) is 31.4 Å². The van der Waals surface area contributed by atoms with E-state index in [1.165, 1.54) is 17.9 Å². The molecular formula is C10H14N4O3S. The number of fused-ring (bicyclic) bond motifs is 1. The van der Waals surface area contributed by atoms with Crippen molar-refractivity contribution in [2.45, 2.75) is 6.54 Å². The predicted molar refractivity (Wildman–Crippen MR) is 69.1 cm³/mol. The summed E-state index contributed by atoms with van der Waals surface area (Å²) >= 11 is 0. The quantitative estimate of drug-likeness (QED) is 0.702. The first-order chi connectivity index (χ1) is 8.43. The molecule has 0 aliphatic carbocycles. The van der Waals surface area contributed by atoms with Crippen LogP contribution in [0.3, 0.4) is 0 Å². The topological polar surface area (TPSA) is 78.9 Å². The van der Waals surface area contributed by atoms with Crippen LogP contribution >= 0.6 is 0 Å². The van der Waals surface area contributed by atoms with Gasteiger partial charge in [-0.1, -0.05) is 0 Å². The van der Waals surface area contributed by atoms with Gasteiger partial charge in [0.05, 0.1) is 6.33 Å². The van der Waals surface area contributed by atoms with Gasteiger partial charge in [-0.2, -0.15) is 0 Å². The first-order valence-electron chi connectivity index (χ1n) is 5.34. The standard InChI is InChI=1S/C10H14N4O3S/c1-12-8-7(9(15)13(2)10(12)16)14(6-11-8)4-5-18(3)17/h6H,4-5H2,1-3H3. The summed E-state index contributed by atoms with van der Waals surface area (Å²) in [6, 6.07) is 0. The molecule has 0 bridgehead atoms. The molecule has 2 aromatic heterocycles. The van der Waals surface area contributed by atoms with Crippen molar-refractivity contribution in [2.24, 2.45) is 14.1 Å². The Kier molecular flexibility index (Phi) is 3.20. The average Bonchev–Trinajstić information content (AvgIpc) is 2.75. The van der Waals surface area contributed by atoms with Gasteiger partial charge in [-0.15, -0.1) is 0 Å². The van der Waals surface area contributed by atoms with Gasteiger partial charge in [-0.05, 0) is 0 Å². The van der Waals surface area contributed by atoms with Crippen LogP contribution in [0.15, 0.2) is 15.9 Å². The Labute approximate surface area is 105 Å². The molecule has 0 radical (unpaired) electrons. The second-order valence-corrected chi connectivity index (χ2v) is 5.65. The van der Waals surface area contributed by atoms with Gasteiger partial charge in [0.2, 0.25) is 0 Å². The Balaban J connectivity index is 2.70. The zero-order valence-electron chi connectivity index (χ0n) is 10.4. The monoisotopic (exact) mass is 270 g/mol. The minimum absolute atomic E-state index is 0.352. The van der Waals surface area contributed by atoms with Crippen LogP contribution in [0.2, 0.25) is 0 Å². The Morgan fingerprint density at radius 3 is 2.56 bits per heavy atom. The van der Waals surface area contributed by atoms with Crippen molar-refractivity contribution in [1.82, 2.24) is 18.7 Å². The molecule has 0 amide bonds. The van der Waals surface area contributed by atoms with Gasteiger partial charge in [0.25, 0.3) is 5.56 Å². The lowest BCUT2D eigenvalue weighted by Gasteiger charge is -2.05. The smallest absolute Gasteiger partial charge is 0.324 e. The van der Waals surface area contributed by atoms with Crippen molar-refractivity contribution < 1.29 is 4.21 Å². The molecule has 8 heteroatoms. The van der Waals surface area contributed by atoms with E-state index in [0.717, 1.165) is 4.57 Å². The molecule has 18 heavy (non-hydrogen) atoms. The Morgan fingerprint density at radius 1 is 1.28 bits per heavy atom. The third kappa shape index (κ3) is 1.92. The van der Waals surface area contributed by atoms with Crippen LogP contribution in [0.5, 0.6) is 0 Å². The summed E-state index contributed by atoms with van der Waals surface area (Å²) < 4.78 is 15.1. The molecule has 2 heterocycles. The summed E-state index contributed by atoms with van der Waals surface area (Å²) in [6.07, 6.45) is 3.10. The van der Waals surface area contributed by atoms with E-state index in [2.05, 4.69) is 4.98 Å². The molecule has 0 saturated carbocycles. The van der Waals surface area contributed by atoms with Crippen molar-refractivity contribution in [2.75, 3.05) is 12.0 Å². The maximum Gasteiger partial charge on any atom is 0.332 e. The number of aryl methyl sites for hydroxylation is 2. The predicted octanol–water partition coefficient (Wildman–Crippen LogP) is -1.19. The molecule has 0 spiro atoms. The lowest BCUT2D eigenvalue weighted by Crippen LogP contribution is -2.37. The molecule has 2 rings (SSSR count). The maximum atomic E-state index is 12.0. The highest BCUT2D eigenvalue weighted by atomic mass is 32.2. The van der Waals surface area contributed by atoms with E-state index in [4.69, 9.17) is 0 Å². The summed E-state index contributed by atoms with van der Waals surface area (Å²) in [7, 11) is 2.06. The SMILES string of the molecule is Cn1c(=O)c2c(ncn2CCS(C)=O)n(C)c1=O. The lowest BCUT2D eigenvalue weighted by atomic mass is 10.5. The van der Waals surface area contributed by atoms with E-state index in [9.17, 15) is 13.8 Å². The van der Waals surface area contributed by atoms with E-state index in [-0.39, 0.29) is 5.56 Å². The summed E-state index contributed by atoms with van der Waals surface area (Å²) in [6.45, 7) is 0.438. The van der Waals surface area contributed by atoms with Crippen LogP contribution in [0.4, 0.5) is 0 Å². The fourth-order valence-corrected chi connectivity index (χ4v) is 2.25. The van der Waals surface area contributed by atoms with Crippen LogP contribution < -0.4 is 11.2 Å². The maximum absolute atomic E-state index is 12.0. The lowest BCUT2D eigenvalue weighted by molar-refractivity contribution is 0.677. The number of nitrogens with zero attached hydrogens (tertiary/aromatic N) is 4. The molecular weight excluding hydrogens is 256 g/mol. The van der Waals surface area contributed by atoms with Gasteiger partial charge < -0.3 is 4.57 Å². The van der Waals surface area contributed by atoms with Gasteiger partial charge in [0, 0.05) is 43.4 Å². The molecule has 0 aliphatic heterocycles. The average molecular weight is 270 g/mol. The van der Waals surface area contributed by atoms with Crippen LogP contribution in [0.1, 0.15) is 0 Å². The molecule has 98 valence electrons. The van der Waals surface area contributed by atoms with E-state index < -0.39 is 16.5 Å². The van der Waals surface area contributed by atoms with Crippen molar-refractivity contribution in [3.63, 3.8) is 0 Å². The van der Waals surface area contributed by atoms with Crippen molar-refractivity contribution in [3.8, 4) is 0 Å². The zero-order valence-corrected chi connectivity index (χ0v) is 11.2. The summed E-state index contributed by atoms with van der Waals surface area (Å²) in [5.41, 5.74) is -0.0701. The van der Waals surface area contributed by atoms with Crippen LogP contribution in [0.25, 0.3) is 11.2 Å². The summed E-state index contributed by atoms with van der Waals surface area (Å²) in [5.74, 6) is 0.442. The second-order valence-electron chi connectivity index (χ2n) is 4.09. The van der Waals surface area contributed by atoms with E-state index in [1.807, 2.05) is 0 Å². The van der Waals surface area contributed by atoms with Gasteiger partial charge in [0.15, 0.2) is 11.2 Å². The number of hydrogen-bond donors (Lipinski definition) is 0. The van der Waals surface area contributed by atoms with Crippen molar-refractivity contribution in [3.05, 3.63) is 27.2 Å². The molecule has 0 fully saturated rings. The zero-order chi connectivity index (χ0) is 13.4. The Morgan fingerprint density at radius 2 is 1.94 bits per heavy atom. The molecule has 7 nitrogen and oxygen atoms in total. The van der Waals surface area contributed by atoms with Crippen molar-refractivity contribution in [1.29, 1.82) is 0 Å². The minimum Gasteiger partial charge on any atom is -0.324 e. The van der Waals surface area contributed by atoms with Gasteiger partial charge >= 0.3 is 5.69 Å². The number of hydrogen-bond acceptors (Lipinski definition) is 4. The molecule has 1 atom stereocenters. The third-order valence-electron chi connectivity index (χ3n) is 2.84. The van der Waals surface area contributed by atoms with E-state index in [0.29, 0.717) is 23.5 Å². The van der Waals surface area contributed by atoms with Crippen molar-refractivity contribution >= 4 is 22.0 Å². The highest BCUT2D eigenvalue weighted by Gasteiger charge is 2.13. The normalized spacial score (nSPS) is 13.1. The van der Waals surface area contributed by atoms with E-state index >= 15 is 0 Å². The van der Waals surface area contributed by atoms with Crippen LogP contribution in [0, 0.1) is 0 Å². The molecule has 0 N–H and O–H groups in total. The first-order valence-corrected chi connectivity index (χ1v) is 7.07. The third-order valence-corrected chi connectivity index (χ3v) is 3.59. The highest BCUT2D eigenvalue weighted by molar-refractivity contribution is 7.84. The number of imidazole rings is 1. The van der Waals surface area contributed by atoms with Gasteiger partial charge in [-0.25, -0.2) is 9.78 Å². The largest absolute Gasteiger partial charge is 0.332 e. The molecule has 0 saturated heterocycles. The van der Waals surface area contributed by atoms with Gasteiger partial charge in [-0.3, -0.25) is 18.1 Å². The summed E-state index contributed by atoms with van der Waals surface area (Å²) in [4.78, 5) is 27.8. The molecule has 0 aliphatic rings. The Bertz CT molecular complexity index is 740. The van der Waals surface area contributed by atoms with Crippen LogP contribution in [-0.4, -0.2) is 34.9 Å². The van der Waals surface area contributed by atoms with E-state index in [1.54, 1.807) is 17.9 Å². The molecule has 1 unspecified atom stereocenters. The number of aromatic nitrogens is 4. The minimum atomic E-state index is -0.941. The highest BCUT2D eigenvalue weighted by Crippen LogP contribution is 2.05. The second kappa shape index (κ2) is 4.52. The Hall–Kier alpha value is -1.70. The molecule has 0 aromatic carbocycles. The number of rotatable bonds is 3. The summed E-state index contributed by atoms with van der Waals surface area (Å²) in [5, 5.41) is 0. The first kappa shape index (κ1) is 12.7. The fourth-order valence-electron chi connectivity index (χ4n) is 1.79. The van der Waals surface area contributed by atoms with Gasteiger partial charge in [0.1, 0.15) is 0 Å². The molecule has 2 aromatic rings.